The van der Waals surface area contributed by atoms with Gasteiger partial charge < -0.3 is 14.5 Å². The first kappa shape index (κ1) is 57.1. The predicted octanol–water partition coefficient (Wildman–Crippen LogP) is 23.0. The maximum atomic E-state index is 7.26. The van der Waals surface area contributed by atoms with Gasteiger partial charge in [-0.2, -0.15) is 0 Å². The van der Waals surface area contributed by atoms with E-state index in [2.05, 4.69) is 314 Å². The van der Waals surface area contributed by atoms with Gasteiger partial charge in [-0.1, -0.05) is 239 Å². The highest BCUT2D eigenvalue weighted by atomic mass is 16.5. The van der Waals surface area contributed by atoms with Gasteiger partial charge in [-0.15, -0.1) is 0 Å². The number of ether oxygens (including phenoxy) is 1. The van der Waals surface area contributed by atoms with Crippen molar-refractivity contribution in [3.8, 4) is 73.0 Å². The van der Waals surface area contributed by atoms with Gasteiger partial charge in [0.15, 0.2) is 0 Å². The van der Waals surface area contributed by atoms with E-state index in [1.165, 1.54) is 122 Å². The Bertz CT molecular complexity index is 4620. The Kier molecular flexibility index (Phi) is 12.8. The minimum atomic E-state index is -0.230. The van der Waals surface area contributed by atoms with E-state index < -0.39 is 0 Å². The number of nitrogens with zero attached hydrogens (tertiary/aromatic N) is 4. The van der Waals surface area contributed by atoms with Crippen LogP contribution in [0.1, 0.15) is 157 Å². The molecule has 0 spiro atoms. The summed E-state index contributed by atoms with van der Waals surface area (Å²) >= 11 is 0. The number of para-hydroxylation sites is 2. The van der Waals surface area contributed by atoms with Crippen molar-refractivity contribution in [1.82, 2.24) is 9.55 Å². The fourth-order valence-electron chi connectivity index (χ4n) is 14.2. The van der Waals surface area contributed by atoms with Gasteiger partial charge in [-0.3, -0.25) is 4.57 Å². The van der Waals surface area contributed by atoms with Crippen LogP contribution in [0.2, 0.25) is 0 Å². The van der Waals surface area contributed by atoms with Crippen molar-refractivity contribution in [1.29, 1.82) is 0 Å². The molecule has 442 valence electrons. The zero-order valence-corrected chi connectivity index (χ0v) is 54.8. The van der Waals surface area contributed by atoms with Crippen molar-refractivity contribution in [2.24, 2.45) is 0 Å². The first-order valence-corrected chi connectivity index (χ1v) is 31.8. The normalized spacial score (nSPS) is 14.4. The highest BCUT2D eigenvalue weighted by Gasteiger charge is 2.39. The second-order valence-corrected chi connectivity index (χ2v) is 31.1. The summed E-state index contributed by atoms with van der Waals surface area (Å²) in [6.07, 6.45) is 1.96. The molecular formula is C83H84N4O. The number of hydrogen-bond donors (Lipinski definition) is 0. The molecule has 0 N–H and O–H groups in total. The lowest BCUT2D eigenvalue weighted by atomic mass is 9.77. The summed E-state index contributed by atoms with van der Waals surface area (Å²) < 4.78 is 9.62. The Morgan fingerprint density at radius 2 is 0.898 bits per heavy atom. The van der Waals surface area contributed by atoms with E-state index in [1.54, 1.807) is 0 Å². The molecule has 14 rings (SSSR count). The smallest absolute Gasteiger partial charge is 0.137 e. The summed E-state index contributed by atoms with van der Waals surface area (Å²) in [5.41, 5.74) is 27.5. The molecule has 2 aliphatic heterocycles. The Morgan fingerprint density at radius 1 is 0.386 bits per heavy atom. The molecule has 0 atom stereocenters. The zero-order chi connectivity index (χ0) is 61.9. The first-order valence-electron chi connectivity index (χ1n) is 31.8. The quantitative estimate of drug-likeness (QED) is 0.166. The fourth-order valence-corrected chi connectivity index (χ4v) is 14.2. The number of pyridine rings is 1. The summed E-state index contributed by atoms with van der Waals surface area (Å²) in [7, 11) is 0. The van der Waals surface area contributed by atoms with E-state index in [-0.39, 0.29) is 32.5 Å². The average molecular weight is 1150 g/mol. The highest BCUT2D eigenvalue weighted by Crippen LogP contribution is 2.58. The van der Waals surface area contributed by atoms with Crippen molar-refractivity contribution in [3.05, 3.63) is 227 Å². The van der Waals surface area contributed by atoms with Gasteiger partial charge in [0.1, 0.15) is 24.0 Å². The third-order valence-corrected chi connectivity index (χ3v) is 19.4. The number of hydrogen-bond acceptors (Lipinski definition) is 4. The summed E-state index contributed by atoms with van der Waals surface area (Å²) in [5.74, 6) is 2.49. The number of aromatic nitrogens is 2. The molecular weight excluding hydrogens is 1070 g/mol. The second-order valence-electron chi connectivity index (χ2n) is 31.1. The summed E-state index contributed by atoms with van der Waals surface area (Å²) in [6.45, 7) is 40.2. The van der Waals surface area contributed by atoms with E-state index in [0.717, 1.165) is 34.2 Å². The van der Waals surface area contributed by atoms with Crippen molar-refractivity contribution >= 4 is 44.6 Å². The Hall–Kier alpha value is -8.67. The van der Waals surface area contributed by atoms with Crippen LogP contribution in [0, 0.1) is 0 Å². The SMILES string of the molecule is CC(C)(C)c1cc(-c2cccc3c2-c2cccc4c2N(CN4c2cccc(Oc4cc5c6c7c(cccc7n(-c7cc(C(C)(C)C)ccn7)c6c4)C5(C)C)c2)c2c(cccc2-c2cc(C(C)(C)C)cc(C(C)(C)C)c2)-c2cccc-3c2)cc(C(C)(C)C)c1. The molecule has 88 heavy (non-hydrogen) atoms. The van der Waals surface area contributed by atoms with Crippen molar-refractivity contribution in [2.75, 3.05) is 16.5 Å². The molecule has 2 bridgehead atoms. The highest BCUT2D eigenvalue weighted by molar-refractivity contribution is 6.17. The van der Waals surface area contributed by atoms with E-state index >= 15 is 0 Å². The van der Waals surface area contributed by atoms with Gasteiger partial charge in [0.2, 0.25) is 0 Å². The first-order chi connectivity index (χ1) is 41.5. The van der Waals surface area contributed by atoms with Gasteiger partial charge in [0.25, 0.3) is 0 Å². The lowest BCUT2D eigenvalue weighted by molar-refractivity contribution is 0.481. The van der Waals surface area contributed by atoms with Gasteiger partial charge in [0.05, 0.1) is 28.1 Å². The van der Waals surface area contributed by atoms with Crippen LogP contribution in [0.15, 0.2) is 188 Å². The van der Waals surface area contributed by atoms with Gasteiger partial charge in [0, 0.05) is 56.9 Å². The molecule has 4 heterocycles. The third-order valence-electron chi connectivity index (χ3n) is 19.4. The summed E-state index contributed by atoms with van der Waals surface area (Å²) in [5, 5.41) is 2.58. The molecule has 3 aliphatic rings. The maximum Gasteiger partial charge on any atom is 0.137 e. The van der Waals surface area contributed by atoms with Crippen molar-refractivity contribution in [2.45, 2.75) is 150 Å². The summed E-state index contributed by atoms with van der Waals surface area (Å²) in [6, 6.07) is 69.6. The van der Waals surface area contributed by atoms with E-state index in [1.807, 2.05) is 6.20 Å². The number of rotatable bonds is 6. The molecule has 1 aliphatic carbocycles. The molecule has 0 amide bonds. The van der Waals surface area contributed by atoms with Crippen molar-refractivity contribution in [3.63, 3.8) is 0 Å². The molecule has 0 saturated heterocycles. The Balaban J connectivity index is 0.989. The van der Waals surface area contributed by atoms with Crippen LogP contribution >= 0.6 is 0 Å². The lowest BCUT2D eigenvalue weighted by Gasteiger charge is -2.31. The molecule has 5 nitrogen and oxygen atoms in total. The molecule has 2 aromatic heterocycles. The van der Waals surface area contributed by atoms with Gasteiger partial charge in [-0.25, -0.2) is 4.98 Å². The van der Waals surface area contributed by atoms with Gasteiger partial charge >= 0.3 is 0 Å². The lowest BCUT2D eigenvalue weighted by Crippen LogP contribution is -2.25. The largest absolute Gasteiger partial charge is 0.457 e. The van der Waals surface area contributed by atoms with Crippen LogP contribution in [0.4, 0.5) is 22.7 Å². The number of benzene rings is 9. The fraction of sp³-hybridized carbons (Fsp3) is 0.289. The molecule has 0 unspecified atom stereocenters. The van der Waals surface area contributed by atoms with Crippen LogP contribution in [0.3, 0.4) is 0 Å². The third kappa shape index (κ3) is 9.37. The van der Waals surface area contributed by atoms with Crippen LogP contribution in [0.25, 0.3) is 83.3 Å². The minimum Gasteiger partial charge on any atom is -0.457 e. The Labute approximate surface area is 522 Å². The molecule has 0 radical (unpaired) electrons. The van der Waals surface area contributed by atoms with E-state index in [0.29, 0.717) is 6.67 Å². The van der Waals surface area contributed by atoms with Crippen LogP contribution in [0.5, 0.6) is 11.5 Å². The topological polar surface area (TPSA) is 33.5 Å². The molecule has 0 fully saturated rings. The number of fused-ring (bicyclic) bond motifs is 8. The molecule has 0 saturated carbocycles. The molecule has 11 aromatic rings. The molecule has 9 aromatic carbocycles. The van der Waals surface area contributed by atoms with Crippen LogP contribution in [-0.4, -0.2) is 16.2 Å². The Morgan fingerprint density at radius 3 is 1.52 bits per heavy atom. The maximum absolute atomic E-state index is 7.26. The predicted molar refractivity (Wildman–Crippen MR) is 373 cm³/mol. The zero-order valence-electron chi connectivity index (χ0n) is 54.8. The summed E-state index contributed by atoms with van der Waals surface area (Å²) in [4.78, 5) is 10.2. The van der Waals surface area contributed by atoms with Gasteiger partial charge in [-0.05, 0) is 153 Å². The molecule has 5 heteroatoms. The second kappa shape index (κ2) is 19.7. The van der Waals surface area contributed by atoms with E-state index in [4.69, 9.17) is 9.72 Å². The van der Waals surface area contributed by atoms with E-state index in [9.17, 15) is 0 Å². The van der Waals surface area contributed by atoms with Crippen LogP contribution < -0.4 is 14.5 Å². The minimum absolute atomic E-state index is 0.0392. The monoisotopic (exact) mass is 1150 g/mol. The number of anilines is 4. The van der Waals surface area contributed by atoms with Crippen molar-refractivity contribution < 1.29 is 4.74 Å². The average Bonchev–Trinajstić information content (AvgIpc) is 1.53. The van der Waals surface area contributed by atoms with Crippen LogP contribution in [-0.2, 0) is 32.5 Å². The standard InChI is InChI=1S/C83H84N4O/c1-78(2,3)54-36-37-84-72(45-54)87-69-34-23-33-67-74(69)75-68(83(67,16)17)47-61(48-71(75)87)88-60-27-19-26-59(46-60)85-49-86-76-64(30-21-31-65(76)53-41-57(81(10,11)12)44-58(42-53)82(13,14)15)51-25-18-24-50(38-51)62-28-20-29-63(73(62)66-32-22-35-70(85)77(66)86)52-39-55(79(4,5)6)43-56(40-52)80(7,8)9/h18-48H,49H2,1-17H3.